The number of nitrogens with one attached hydrogen (secondary N) is 2. The van der Waals surface area contributed by atoms with Gasteiger partial charge in [-0.05, 0) is 25.7 Å². The zero-order valence-corrected chi connectivity index (χ0v) is 11.7. The van der Waals surface area contributed by atoms with Gasteiger partial charge in [-0.1, -0.05) is 26.2 Å². The van der Waals surface area contributed by atoms with Crippen LogP contribution in [0.5, 0.6) is 0 Å². The SMILES string of the molecule is CCC1CCCC(Nc2nc(NC)ncc2C)C1. The zero-order valence-electron chi connectivity index (χ0n) is 11.7. The Labute approximate surface area is 110 Å². The molecule has 0 radical (unpaired) electrons. The standard InChI is InChI=1S/C14H24N4/c1-4-11-6-5-7-12(8-11)17-13-10(2)9-16-14(15-3)18-13/h9,11-12H,4-8H2,1-3H3,(H2,15,16,17,18). The molecule has 1 fully saturated rings. The number of aromatic nitrogens is 2. The highest BCUT2D eigenvalue weighted by Gasteiger charge is 2.21. The molecule has 0 bridgehead atoms. The van der Waals surface area contributed by atoms with Crippen molar-refractivity contribution in [2.75, 3.05) is 17.7 Å². The molecule has 4 nitrogen and oxygen atoms in total. The van der Waals surface area contributed by atoms with E-state index in [4.69, 9.17) is 0 Å². The fraction of sp³-hybridized carbons (Fsp3) is 0.714. The molecular weight excluding hydrogens is 224 g/mol. The third kappa shape index (κ3) is 3.12. The number of anilines is 2. The molecule has 2 unspecified atom stereocenters. The van der Waals surface area contributed by atoms with Crippen molar-refractivity contribution in [2.24, 2.45) is 5.92 Å². The summed E-state index contributed by atoms with van der Waals surface area (Å²) in [6.07, 6.45) is 8.42. The van der Waals surface area contributed by atoms with Crippen LogP contribution in [0.4, 0.5) is 11.8 Å². The lowest BCUT2D eigenvalue weighted by molar-refractivity contribution is 0.327. The van der Waals surface area contributed by atoms with Crippen LogP contribution in [0, 0.1) is 12.8 Å². The second-order valence-electron chi connectivity index (χ2n) is 5.26. The predicted molar refractivity (Wildman–Crippen MR) is 76.0 cm³/mol. The van der Waals surface area contributed by atoms with Crippen molar-refractivity contribution in [1.29, 1.82) is 0 Å². The van der Waals surface area contributed by atoms with E-state index in [1.54, 1.807) is 0 Å². The van der Waals surface area contributed by atoms with Crippen LogP contribution in [0.25, 0.3) is 0 Å². The number of aryl methyl sites for hydroxylation is 1. The van der Waals surface area contributed by atoms with Crippen molar-refractivity contribution < 1.29 is 0 Å². The van der Waals surface area contributed by atoms with Gasteiger partial charge in [-0.25, -0.2) is 4.98 Å². The summed E-state index contributed by atoms with van der Waals surface area (Å²) in [5.74, 6) is 2.55. The van der Waals surface area contributed by atoms with Crippen molar-refractivity contribution in [3.8, 4) is 0 Å². The van der Waals surface area contributed by atoms with E-state index in [2.05, 4.69) is 34.4 Å². The molecule has 4 heteroatoms. The zero-order chi connectivity index (χ0) is 13.0. The third-order valence-corrected chi connectivity index (χ3v) is 3.90. The number of rotatable bonds is 4. The van der Waals surface area contributed by atoms with Gasteiger partial charge in [0.25, 0.3) is 0 Å². The molecule has 0 saturated heterocycles. The quantitative estimate of drug-likeness (QED) is 0.859. The van der Waals surface area contributed by atoms with Crippen molar-refractivity contribution in [3.63, 3.8) is 0 Å². The highest BCUT2D eigenvalue weighted by atomic mass is 15.1. The monoisotopic (exact) mass is 248 g/mol. The van der Waals surface area contributed by atoms with Gasteiger partial charge < -0.3 is 10.6 Å². The van der Waals surface area contributed by atoms with E-state index < -0.39 is 0 Å². The van der Waals surface area contributed by atoms with E-state index in [0.717, 1.165) is 17.3 Å². The first-order valence-corrected chi connectivity index (χ1v) is 7.00. The van der Waals surface area contributed by atoms with E-state index in [0.29, 0.717) is 12.0 Å². The maximum atomic E-state index is 4.50. The first-order valence-electron chi connectivity index (χ1n) is 7.00. The lowest BCUT2D eigenvalue weighted by Crippen LogP contribution is -2.28. The molecule has 18 heavy (non-hydrogen) atoms. The van der Waals surface area contributed by atoms with E-state index in [1.807, 2.05) is 13.2 Å². The number of hydrogen-bond donors (Lipinski definition) is 2. The summed E-state index contributed by atoms with van der Waals surface area (Å²) in [5.41, 5.74) is 1.12. The van der Waals surface area contributed by atoms with Crippen molar-refractivity contribution >= 4 is 11.8 Å². The minimum absolute atomic E-state index is 0.571. The van der Waals surface area contributed by atoms with Crippen LogP contribution in [-0.2, 0) is 0 Å². The van der Waals surface area contributed by atoms with Crippen LogP contribution in [-0.4, -0.2) is 23.1 Å². The smallest absolute Gasteiger partial charge is 0.224 e. The Morgan fingerprint density at radius 2 is 2.22 bits per heavy atom. The Hall–Kier alpha value is -1.32. The highest BCUT2D eigenvalue weighted by Crippen LogP contribution is 2.28. The summed E-state index contributed by atoms with van der Waals surface area (Å²) in [7, 11) is 1.85. The van der Waals surface area contributed by atoms with Gasteiger partial charge >= 0.3 is 0 Å². The average Bonchev–Trinajstić information content (AvgIpc) is 2.41. The molecule has 2 N–H and O–H groups in total. The fourth-order valence-electron chi connectivity index (χ4n) is 2.69. The predicted octanol–water partition coefficient (Wildman–Crippen LogP) is 3.21. The van der Waals surface area contributed by atoms with Gasteiger partial charge in [0.05, 0.1) is 0 Å². The molecular formula is C14H24N4. The van der Waals surface area contributed by atoms with Gasteiger partial charge in [0.1, 0.15) is 5.82 Å². The molecule has 0 aromatic carbocycles. The molecule has 1 aromatic heterocycles. The summed E-state index contributed by atoms with van der Waals surface area (Å²) < 4.78 is 0. The first kappa shape index (κ1) is 13.1. The minimum Gasteiger partial charge on any atom is -0.367 e. The maximum Gasteiger partial charge on any atom is 0.224 e. The lowest BCUT2D eigenvalue weighted by atomic mass is 9.84. The molecule has 1 aliphatic carbocycles. The van der Waals surface area contributed by atoms with E-state index in [1.165, 1.54) is 32.1 Å². The van der Waals surface area contributed by atoms with Gasteiger partial charge in [-0.15, -0.1) is 0 Å². The molecule has 0 spiro atoms. The molecule has 0 amide bonds. The van der Waals surface area contributed by atoms with Crippen LogP contribution < -0.4 is 10.6 Å². The van der Waals surface area contributed by atoms with Crippen LogP contribution in [0.3, 0.4) is 0 Å². The molecule has 2 rings (SSSR count). The van der Waals surface area contributed by atoms with Crippen LogP contribution in [0.2, 0.25) is 0 Å². The Morgan fingerprint density at radius 3 is 2.94 bits per heavy atom. The second-order valence-corrected chi connectivity index (χ2v) is 5.26. The summed E-state index contributed by atoms with van der Waals surface area (Å²) >= 11 is 0. The van der Waals surface area contributed by atoms with Crippen LogP contribution in [0.15, 0.2) is 6.20 Å². The minimum atomic E-state index is 0.571. The maximum absolute atomic E-state index is 4.50. The summed E-state index contributed by atoms with van der Waals surface area (Å²) in [5, 5.41) is 6.59. The van der Waals surface area contributed by atoms with Gasteiger partial charge in [0.15, 0.2) is 0 Å². The highest BCUT2D eigenvalue weighted by molar-refractivity contribution is 5.46. The molecule has 100 valence electrons. The summed E-state index contributed by atoms with van der Waals surface area (Å²) in [6.45, 7) is 4.35. The van der Waals surface area contributed by atoms with E-state index in [9.17, 15) is 0 Å². The number of nitrogens with zero attached hydrogens (tertiary/aromatic N) is 2. The lowest BCUT2D eigenvalue weighted by Gasteiger charge is -2.29. The molecule has 1 aliphatic rings. The Kier molecular flexibility index (Phi) is 4.39. The largest absolute Gasteiger partial charge is 0.367 e. The van der Waals surface area contributed by atoms with Crippen molar-refractivity contribution in [3.05, 3.63) is 11.8 Å². The first-order chi connectivity index (χ1) is 8.72. The summed E-state index contributed by atoms with van der Waals surface area (Å²) in [6, 6.07) is 0.571. The Morgan fingerprint density at radius 1 is 1.39 bits per heavy atom. The van der Waals surface area contributed by atoms with Gasteiger partial charge in [-0.3, -0.25) is 0 Å². The number of hydrogen-bond acceptors (Lipinski definition) is 4. The van der Waals surface area contributed by atoms with E-state index >= 15 is 0 Å². The average molecular weight is 248 g/mol. The van der Waals surface area contributed by atoms with Gasteiger partial charge in [-0.2, -0.15) is 4.98 Å². The normalized spacial score (nSPS) is 23.7. The van der Waals surface area contributed by atoms with Crippen LogP contribution >= 0.6 is 0 Å². The Balaban J connectivity index is 2.04. The second kappa shape index (κ2) is 6.03. The van der Waals surface area contributed by atoms with Crippen molar-refractivity contribution in [1.82, 2.24) is 9.97 Å². The van der Waals surface area contributed by atoms with Gasteiger partial charge in [0.2, 0.25) is 5.95 Å². The molecule has 2 atom stereocenters. The molecule has 1 heterocycles. The fourth-order valence-corrected chi connectivity index (χ4v) is 2.69. The van der Waals surface area contributed by atoms with Gasteiger partial charge in [0, 0.05) is 24.8 Å². The molecule has 0 aliphatic heterocycles. The topological polar surface area (TPSA) is 49.8 Å². The third-order valence-electron chi connectivity index (χ3n) is 3.90. The van der Waals surface area contributed by atoms with Crippen molar-refractivity contribution in [2.45, 2.75) is 52.0 Å². The molecule has 1 saturated carbocycles. The Bertz CT molecular complexity index is 391. The van der Waals surface area contributed by atoms with E-state index in [-0.39, 0.29) is 0 Å². The molecule has 1 aromatic rings. The summed E-state index contributed by atoms with van der Waals surface area (Å²) in [4.78, 5) is 8.72. The van der Waals surface area contributed by atoms with Crippen LogP contribution in [0.1, 0.15) is 44.6 Å².